The van der Waals surface area contributed by atoms with Crippen LogP contribution in [0.1, 0.15) is 12.0 Å². The highest BCUT2D eigenvalue weighted by Crippen LogP contribution is 2.12. The molecular formula is C12H19NO3S. The van der Waals surface area contributed by atoms with Gasteiger partial charge in [-0.05, 0) is 24.5 Å². The Morgan fingerprint density at radius 2 is 1.94 bits per heavy atom. The quantitative estimate of drug-likeness (QED) is 0.590. The molecular weight excluding hydrogens is 238 g/mol. The molecule has 0 aliphatic carbocycles. The van der Waals surface area contributed by atoms with Crippen LogP contribution in [-0.4, -0.2) is 33.6 Å². The maximum absolute atomic E-state index is 11.7. The number of nitrogen functional groups attached to an aromatic ring is 1. The van der Waals surface area contributed by atoms with Crippen LogP contribution < -0.4 is 5.73 Å². The van der Waals surface area contributed by atoms with Gasteiger partial charge < -0.3 is 10.5 Å². The summed E-state index contributed by atoms with van der Waals surface area (Å²) >= 11 is 0. The fourth-order valence-electron chi connectivity index (χ4n) is 1.55. The number of hydrogen-bond donors (Lipinski definition) is 1. The first-order valence-electron chi connectivity index (χ1n) is 5.58. The maximum atomic E-state index is 11.7. The van der Waals surface area contributed by atoms with Crippen LogP contribution in [0.3, 0.4) is 0 Å². The van der Waals surface area contributed by atoms with Crippen molar-refractivity contribution >= 4 is 15.5 Å². The summed E-state index contributed by atoms with van der Waals surface area (Å²) in [5, 5.41) is 0. The van der Waals surface area contributed by atoms with Gasteiger partial charge in [-0.25, -0.2) is 8.42 Å². The lowest BCUT2D eigenvalue weighted by Gasteiger charge is -2.06. The molecule has 0 saturated carbocycles. The van der Waals surface area contributed by atoms with Crippen molar-refractivity contribution < 1.29 is 13.2 Å². The zero-order chi connectivity index (χ0) is 12.7. The zero-order valence-corrected chi connectivity index (χ0v) is 10.9. The Labute approximate surface area is 103 Å². The summed E-state index contributed by atoms with van der Waals surface area (Å²) in [6.07, 6.45) is 1.02. The van der Waals surface area contributed by atoms with Crippen LogP contribution in [-0.2, 0) is 21.0 Å². The molecule has 0 saturated heterocycles. The van der Waals surface area contributed by atoms with Crippen LogP contribution in [0.2, 0.25) is 0 Å². The van der Waals surface area contributed by atoms with Gasteiger partial charge in [0.05, 0.1) is 11.5 Å². The van der Waals surface area contributed by atoms with E-state index in [2.05, 4.69) is 0 Å². The fourth-order valence-corrected chi connectivity index (χ4v) is 2.85. The van der Waals surface area contributed by atoms with Crippen molar-refractivity contribution in [2.75, 3.05) is 31.0 Å². The van der Waals surface area contributed by atoms with Gasteiger partial charge in [-0.3, -0.25) is 0 Å². The number of sulfone groups is 1. The summed E-state index contributed by atoms with van der Waals surface area (Å²) in [4.78, 5) is 0. The summed E-state index contributed by atoms with van der Waals surface area (Å²) in [7, 11) is -1.44. The van der Waals surface area contributed by atoms with Crippen LogP contribution in [0.15, 0.2) is 24.3 Å². The highest BCUT2D eigenvalue weighted by atomic mass is 32.2. The number of methoxy groups -OCH3 is 1. The topological polar surface area (TPSA) is 69.4 Å². The highest BCUT2D eigenvalue weighted by molar-refractivity contribution is 7.91. The minimum Gasteiger partial charge on any atom is -0.399 e. The Morgan fingerprint density at radius 3 is 2.59 bits per heavy atom. The van der Waals surface area contributed by atoms with Gasteiger partial charge in [-0.2, -0.15) is 0 Å². The minimum atomic E-state index is -3.00. The van der Waals surface area contributed by atoms with Gasteiger partial charge in [0, 0.05) is 19.4 Å². The second-order valence-electron chi connectivity index (χ2n) is 3.95. The molecule has 0 aromatic heterocycles. The predicted octanol–water partition coefficient (Wildman–Crippen LogP) is 1.26. The minimum absolute atomic E-state index is 0.144. The van der Waals surface area contributed by atoms with E-state index in [4.69, 9.17) is 10.5 Å². The van der Waals surface area contributed by atoms with Gasteiger partial charge in [-0.15, -0.1) is 0 Å². The van der Waals surface area contributed by atoms with Crippen molar-refractivity contribution in [1.29, 1.82) is 0 Å². The first-order valence-corrected chi connectivity index (χ1v) is 7.40. The van der Waals surface area contributed by atoms with Crippen molar-refractivity contribution in [3.8, 4) is 0 Å². The molecule has 1 aromatic carbocycles. The molecule has 0 heterocycles. The largest absolute Gasteiger partial charge is 0.399 e. The molecule has 0 unspecified atom stereocenters. The van der Waals surface area contributed by atoms with Gasteiger partial charge in [-0.1, -0.05) is 18.2 Å². The lowest BCUT2D eigenvalue weighted by Crippen LogP contribution is -2.14. The smallest absolute Gasteiger partial charge is 0.150 e. The summed E-state index contributed by atoms with van der Waals surface area (Å²) in [5.41, 5.74) is 7.30. The van der Waals surface area contributed by atoms with E-state index in [1.54, 1.807) is 13.2 Å². The molecule has 0 aliphatic rings. The monoisotopic (exact) mass is 257 g/mol. The first-order chi connectivity index (χ1) is 8.05. The Bertz CT molecular complexity index is 443. The van der Waals surface area contributed by atoms with E-state index in [1.165, 1.54) is 0 Å². The van der Waals surface area contributed by atoms with Gasteiger partial charge in [0.1, 0.15) is 0 Å². The fraction of sp³-hybridized carbons (Fsp3) is 0.500. The third-order valence-electron chi connectivity index (χ3n) is 2.54. The molecule has 5 heteroatoms. The summed E-state index contributed by atoms with van der Waals surface area (Å²) < 4.78 is 28.2. The third-order valence-corrected chi connectivity index (χ3v) is 4.28. The van der Waals surface area contributed by atoms with Crippen LogP contribution in [0.25, 0.3) is 0 Å². The normalized spacial score (nSPS) is 11.6. The molecule has 0 bridgehead atoms. The third kappa shape index (κ3) is 5.19. The molecule has 0 spiro atoms. The molecule has 0 radical (unpaired) electrons. The lowest BCUT2D eigenvalue weighted by atomic mass is 10.1. The van der Waals surface area contributed by atoms with E-state index in [-0.39, 0.29) is 11.5 Å². The second kappa shape index (κ2) is 6.61. The van der Waals surface area contributed by atoms with Crippen molar-refractivity contribution in [3.63, 3.8) is 0 Å². The van der Waals surface area contributed by atoms with E-state index < -0.39 is 9.84 Å². The number of rotatable bonds is 7. The molecule has 0 amide bonds. The second-order valence-corrected chi connectivity index (χ2v) is 6.25. The Morgan fingerprint density at radius 1 is 1.24 bits per heavy atom. The number of anilines is 1. The lowest BCUT2D eigenvalue weighted by molar-refractivity contribution is 0.199. The van der Waals surface area contributed by atoms with Gasteiger partial charge in [0.2, 0.25) is 0 Å². The maximum Gasteiger partial charge on any atom is 0.150 e. The van der Waals surface area contributed by atoms with E-state index in [0.717, 1.165) is 5.56 Å². The summed E-state index contributed by atoms with van der Waals surface area (Å²) in [6.45, 7) is 0.479. The van der Waals surface area contributed by atoms with E-state index in [1.807, 2.05) is 18.2 Å². The number of benzene rings is 1. The molecule has 17 heavy (non-hydrogen) atoms. The molecule has 96 valence electrons. The Balaban J connectivity index is 2.47. The zero-order valence-electron chi connectivity index (χ0n) is 10.1. The van der Waals surface area contributed by atoms with Gasteiger partial charge >= 0.3 is 0 Å². The van der Waals surface area contributed by atoms with Crippen LogP contribution in [0.4, 0.5) is 5.69 Å². The van der Waals surface area contributed by atoms with E-state index in [9.17, 15) is 8.42 Å². The van der Waals surface area contributed by atoms with Crippen molar-refractivity contribution in [3.05, 3.63) is 29.8 Å². The number of para-hydroxylation sites is 1. The van der Waals surface area contributed by atoms with Crippen molar-refractivity contribution in [2.45, 2.75) is 12.8 Å². The highest BCUT2D eigenvalue weighted by Gasteiger charge is 2.11. The van der Waals surface area contributed by atoms with Gasteiger partial charge in [0.15, 0.2) is 9.84 Å². The molecule has 0 aliphatic heterocycles. The van der Waals surface area contributed by atoms with Crippen LogP contribution in [0, 0.1) is 0 Å². The van der Waals surface area contributed by atoms with Gasteiger partial charge in [0.25, 0.3) is 0 Å². The number of aryl methyl sites for hydroxylation is 1. The number of ether oxygens (including phenoxy) is 1. The molecule has 4 nitrogen and oxygen atoms in total. The SMILES string of the molecule is COCCCS(=O)(=O)CCc1ccccc1N. The van der Waals surface area contributed by atoms with E-state index in [0.29, 0.717) is 25.1 Å². The van der Waals surface area contributed by atoms with Crippen molar-refractivity contribution in [2.24, 2.45) is 0 Å². The summed E-state index contributed by atoms with van der Waals surface area (Å²) in [6, 6.07) is 7.35. The predicted molar refractivity (Wildman–Crippen MR) is 69.7 cm³/mol. The Kier molecular flexibility index (Phi) is 5.44. The molecule has 0 atom stereocenters. The van der Waals surface area contributed by atoms with E-state index >= 15 is 0 Å². The average molecular weight is 257 g/mol. The average Bonchev–Trinajstić information content (AvgIpc) is 2.28. The van der Waals surface area contributed by atoms with Crippen LogP contribution >= 0.6 is 0 Å². The van der Waals surface area contributed by atoms with Crippen molar-refractivity contribution in [1.82, 2.24) is 0 Å². The molecule has 0 fully saturated rings. The standard InChI is InChI=1S/C12H19NO3S/c1-16-8-4-9-17(14,15)10-7-11-5-2-3-6-12(11)13/h2-3,5-6H,4,7-10,13H2,1H3. The molecule has 2 N–H and O–H groups in total. The van der Waals surface area contributed by atoms with Crippen LogP contribution in [0.5, 0.6) is 0 Å². The summed E-state index contributed by atoms with van der Waals surface area (Å²) in [5.74, 6) is 0.318. The number of nitrogens with two attached hydrogens (primary N) is 1. The Hall–Kier alpha value is -1.07. The first kappa shape index (κ1) is 14.0. The molecule has 1 rings (SSSR count). The molecule has 1 aromatic rings. The number of hydrogen-bond acceptors (Lipinski definition) is 4.